The Morgan fingerprint density at radius 3 is 2.69 bits per heavy atom. The average molecular weight is 473 g/mol. The predicted molar refractivity (Wildman–Crippen MR) is 118 cm³/mol. The standard InChI is InChI=1S/C22H14ClFN2O5S/c1-12-2-6-16(18(8-12)26(29)30)19-7-5-15(31-19)10-20-21(27)25(22(28)32-20)11-13-3-4-14(24)9-17(13)23/h2-10H,11H2,1H3/b20-10-. The van der Waals surface area contributed by atoms with E-state index in [1.807, 2.05) is 0 Å². The molecule has 1 aromatic heterocycles. The van der Waals surface area contributed by atoms with Crippen molar-refractivity contribution < 1.29 is 23.3 Å². The Kier molecular flexibility index (Phi) is 5.86. The maximum absolute atomic E-state index is 13.2. The minimum absolute atomic E-state index is 0.0950. The monoisotopic (exact) mass is 472 g/mol. The van der Waals surface area contributed by atoms with Gasteiger partial charge in [0.25, 0.3) is 16.8 Å². The topological polar surface area (TPSA) is 93.7 Å². The Bertz CT molecular complexity index is 1300. The van der Waals surface area contributed by atoms with Crippen LogP contribution in [0, 0.1) is 22.9 Å². The van der Waals surface area contributed by atoms with Crippen LogP contribution in [0.25, 0.3) is 17.4 Å². The van der Waals surface area contributed by atoms with Crippen LogP contribution < -0.4 is 0 Å². The zero-order valence-corrected chi connectivity index (χ0v) is 18.1. The maximum atomic E-state index is 13.2. The van der Waals surface area contributed by atoms with Gasteiger partial charge in [0, 0.05) is 17.2 Å². The van der Waals surface area contributed by atoms with Gasteiger partial charge in [0.15, 0.2) is 0 Å². The lowest BCUT2D eigenvalue weighted by atomic mass is 10.1. The highest BCUT2D eigenvalue weighted by atomic mass is 35.5. The molecule has 10 heteroatoms. The van der Waals surface area contributed by atoms with E-state index in [0.29, 0.717) is 11.1 Å². The maximum Gasteiger partial charge on any atom is 0.293 e. The summed E-state index contributed by atoms with van der Waals surface area (Å²) in [4.78, 5) is 37.1. The van der Waals surface area contributed by atoms with Gasteiger partial charge in [-0.05, 0) is 60.1 Å². The van der Waals surface area contributed by atoms with Crippen LogP contribution in [-0.2, 0) is 11.3 Å². The lowest BCUT2D eigenvalue weighted by Crippen LogP contribution is -2.27. The van der Waals surface area contributed by atoms with Crippen molar-refractivity contribution in [1.82, 2.24) is 4.90 Å². The van der Waals surface area contributed by atoms with Gasteiger partial charge in [0.2, 0.25) is 0 Å². The normalized spacial score (nSPS) is 15.1. The predicted octanol–water partition coefficient (Wildman–Crippen LogP) is 6.19. The van der Waals surface area contributed by atoms with E-state index < -0.39 is 21.9 Å². The number of hydrogen-bond acceptors (Lipinski definition) is 6. The third kappa shape index (κ3) is 4.30. The summed E-state index contributed by atoms with van der Waals surface area (Å²) < 4.78 is 18.9. The van der Waals surface area contributed by atoms with Crippen LogP contribution in [0.2, 0.25) is 5.02 Å². The fraction of sp³-hybridized carbons (Fsp3) is 0.0909. The molecular weight excluding hydrogens is 459 g/mol. The smallest absolute Gasteiger partial charge is 0.293 e. The summed E-state index contributed by atoms with van der Waals surface area (Å²) in [6.07, 6.45) is 1.40. The summed E-state index contributed by atoms with van der Waals surface area (Å²) in [5, 5.41) is 11.0. The summed E-state index contributed by atoms with van der Waals surface area (Å²) in [7, 11) is 0. The SMILES string of the molecule is Cc1ccc(-c2ccc(/C=C3\SC(=O)N(Cc4ccc(F)cc4Cl)C3=O)o2)c([N+](=O)[O-])c1. The molecule has 3 aromatic rings. The van der Waals surface area contributed by atoms with Gasteiger partial charge >= 0.3 is 0 Å². The Hall–Kier alpha value is -3.43. The number of halogens is 2. The summed E-state index contributed by atoms with van der Waals surface area (Å²) >= 11 is 6.73. The highest BCUT2D eigenvalue weighted by Crippen LogP contribution is 2.36. The van der Waals surface area contributed by atoms with Crippen LogP contribution in [0.3, 0.4) is 0 Å². The van der Waals surface area contributed by atoms with Crippen molar-refractivity contribution in [3.8, 4) is 11.3 Å². The molecule has 1 aliphatic heterocycles. The van der Waals surface area contributed by atoms with Crippen molar-refractivity contribution in [2.45, 2.75) is 13.5 Å². The van der Waals surface area contributed by atoms with Gasteiger partial charge in [0.05, 0.1) is 21.9 Å². The first-order valence-corrected chi connectivity index (χ1v) is 10.5. The van der Waals surface area contributed by atoms with Crippen molar-refractivity contribution in [1.29, 1.82) is 0 Å². The van der Waals surface area contributed by atoms with E-state index in [2.05, 4.69) is 0 Å². The quantitative estimate of drug-likeness (QED) is 0.249. The van der Waals surface area contributed by atoms with Crippen molar-refractivity contribution >= 4 is 46.3 Å². The first-order chi connectivity index (χ1) is 15.2. The highest BCUT2D eigenvalue weighted by molar-refractivity contribution is 8.18. The Morgan fingerprint density at radius 1 is 1.19 bits per heavy atom. The summed E-state index contributed by atoms with van der Waals surface area (Å²) in [6.45, 7) is 1.65. The summed E-state index contributed by atoms with van der Waals surface area (Å²) in [5.41, 5.74) is 1.38. The number of nitro groups is 1. The number of aryl methyl sites for hydroxylation is 1. The molecule has 1 saturated heterocycles. The fourth-order valence-corrected chi connectivity index (χ4v) is 4.21. The molecule has 1 aliphatic rings. The average Bonchev–Trinajstić information content (AvgIpc) is 3.30. The molecule has 0 atom stereocenters. The van der Waals surface area contributed by atoms with E-state index in [9.17, 15) is 24.1 Å². The van der Waals surface area contributed by atoms with Gasteiger partial charge in [-0.25, -0.2) is 4.39 Å². The number of imide groups is 1. The molecule has 0 unspecified atom stereocenters. The number of carbonyl (C=O) groups is 2. The molecule has 7 nitrogen and oxygen atoms in total. The molecule has 2 amide bonds. The number of furan rings is 1. The highest BCUT2D eigenvalue weighted by Gasteiger charge is 2.35. The van der Waals surface area contributed by atoms with E-state index in [1.165, 1.54) is 24.3 Å². The Morgan fingerprint density at radius 2 is 1.97 bits per heavy atom. The number of carbonyl (C=O) groups excluding carboxylic acids is 2. The molecule has 0 radical (unpaired) electrons. The first-order valence-electron chi connectivity index (χ1n) is 9.27. The largest absolute Gasteiger partial charge is 0.456 e. The molecule has 2 heterocycles. The number of nitro benzene ring substituents is 1. The molecule has 1 fully saturated rings. The molecule has 32 heavy (non-hydrogen) atoms. The molecule has 162 valence electrons. The Balaban J connectivity index is 1.58. The number of hydrogen-bond donors (Lipinski definition) is 0. The van der Waals surface area contributed by atoms with Crippen molar-refractivity contribution in [2.75, 3.05) is 0 Å². The van der Waals surface area contributed by atoms with Gasteiger partial charge in [-0.3, -0.25) is 24.6 Å². The number of thioether (sulfide) groups is 1. The van der Waals surface area contributed by atoms with Crippen LogP contribution in [-0.4, -0.2) is 21.0 Å². The van der Waals surface area contributed by atoms with Crippen LogP contribution in [0.1, 0.15) is 16.9 Å². The van der Waals surface area contributed by atoms with Gasteiger partial charge in [-0.15, -0.1) is 0 Å². The Labute approximate surface area is 190 Å². The van der Waals surface area contributed by atoms with Crippen LogP contribution in [0.5, 0.6) is 0 Å². The fourth-order valence-electron chi connectivity index (χ4n) is 3.16. The second-order valence-electron chi connectivity index (χ2n) is 6.98. The third-order valence-electron chi connectivity index (χ3n) is 4.73. The minimum Gasteiger partial charge on any atom is -0.456 e. The molecular formula is C22H14ClFN2O5S. The lowest BCUT2D eigenvalue weighted by Gasteiger charge is -2.13. The van der Waals surface area contributed by atoms with E-state index >= 15 is 0 Å². The molecule has 0 saturated carbocycles. The summed E-state index contributed by atoms with van der Waals surface area (Å²) in [6, 6.07) is 11.6. The first kappa shape index (κ1) is 21.8. The van der Waals surface area contributed by atoms with Crippen LogP contribution in [0.15, 0.2) is 57.9 Å². The van der Waals surface area contributed by atoms with Crippen molar-refractivity contribution in [3.63, 3.8) is 0 Å². The number of benzene rings is 2. The van der Waals surface area contributed by atoms with Crippen molar-refractivity contribution in [3.05, 3.63) is 91.3 Å². The van der Waals surface area contributed by atoms with E-state index in [-0.39, 0.29) is 33.7 Å². The van der Waals surface area contributed by atoms with Crippen molar-refractivity contribution in [2.24, 2.45) is 0 Å². The van der Waals surface area contributed by atoms with Gasteiger partial charge in [-0.1, -0.05) is 23.7 Å². The van der Waals surface area contributed by atoms with E-state index in [4.69, 9.17) is 16.0 Å². The molecule has 2 aromatic carbocycles. The van der Waals surface area contributed by atoms with E-state index in [1.54, 1.807) is 31.2 Å². The minimum atomic E-state index is -0.542. The molecule has 0 spiro atoms. The van der Waals surface area contributed by atoms with Gasteiger partial charge in [-0.2, -0.15) is 0 Å². The lowest BCUT2D eigenvalue weighted by molar-refractivity contribution is -0.384. The van der Waals surface area contributed by atoms with Gasteiger partial charge < -0.3 is 4.42 Å². The number of rotatable bonds is 5. The molecule has 0 bridgehead atoms. The zero-order chi connectivity index (χ0) is 23.0. The number of amides is 2. The van der Waals surface area contributed by atoms with E-state index in [0.717, 1.165) is 28.3 Å². The molecule has 0 N–H and O–H groups in total. The number of nitrogens with zero attached hydrogens (tertiary/aromatic N) is 2. The molecule has 0 aliphatic carbocycles. The third-order valence-corrected chi connectivity index (χ3v) is 5.99. The summed E-state index contributed by atoms with van der Waals surface area (Å²) in [5.74, 6) is -0.532. The zero-order valence-electron chi connectivity index (χ0n) is 16.5. The van der Waals surface area contributed by atoms with Crippen LogP contribution >= 0.6 is 23.4 Å². The molecule has 4 rings (SSSR count). The second kappa shape index (κ2) is 8.60. The second-order valence-corrected chi connectivity index (χ2v) is 8.38. The van der Waals surface area contributed by atoms with Gasteiger partial charge in [0.1, 0.15) is 17.3 Å². The van der Waals surface area contributed by atoms with Crippen LogP contribution in [0.4, 0.5) is 14.9 Å².